The van der Waals surface area contributed by atoms with Crippen molar-refractivity contribution in [1.82, 2.24) is 14.9 Å². The largest absolute Gasteiger partial charge is 0.385 e. The van der Waals surface area contributed by atoms with E-state index < -0.39 is 11.2 Å². The molecule has 2 rings (SSSR count). The Hall–Kier alpha value is -2.91. The quantitative estimate of drug-likeness (QED) is 0.441. The lowest BCUT2D eigenvalue weighted by atomic mass is 10.2. The number of anilines is 2. The van der Waals surface area contributed by atoms with Gasteiger partial charge in [0.1, 0.15) is 11.5 Å². The van der Waals surface area contributed by atoms with Gasteiger partial charge in [-0.25, -0.2) is 4.79 Å². The summed E-state index contributed by atoms with van der Waals surface area (Å²) in [5.41, 5.74) is -0.167. The smallest absolute Gasteiger partial charge is 0.330 e. The third-order valence-electron chi connectivity index (χ3n) is 3.81. The number of aromatic nitrogens is 2. The Labute approximate surface area is 156 Å². The Balaban J connectivity index is 2.43. The Kier molecular flexibility index (Phi) is 7.78. The monoisotopic (exact) mass is 375 g/mol. The highest BCUT2D eigenvalue weighted by Gasteiger charge is 2.17. The average Bonchev–Trinajstić information content (AvgIpc) is 2.65. The molecule has 1 aromatic heterocycles. The Morgan fingerprint density at radius 3 is 2.63 bits per heavy atom. The highest BCUT2D eigenvalue weighted by Crippen LogP contribution is 2.16. The maximum absolute atomic E-state index is 12.4. The zero-order valence-electron chi connectivity index (χ0n) is 15.5. The van der Waals surface area contributed by atoms with Gasteiger partial charge < -0.3 is 20.7 Å². The zero-order valence-corrected chi connectivity index (χ0v) is 15.5. The number of aromatic amines is 1. The van der Waals surface area contributed by atoms with Crippen LogP contribution >= 0.6 is 0 Å². The molecule has 0 unspecified atom stereocenters. The Morgan fingerprint density at radius 1 is 1.22 bits per heavy atom. The molecule has 0 spiro atoms. The second-order valence-electron chi connectivity index (χ2n) is 5.91. The number of nitrogens with zero attached hydrogens (tertiary/aromatic N) is 1. The van der Waals surface area contributed by atoms with Crippen LogP contribution in [0.5, 0.6) is 0 Å². The predicted octanol–water partition coefficient (Wildman–Crippen LogP) is 0.191. The van der Waals surface area contributed by atoms with Gasteiger partial charge in [-0.1, -0.05) is 30.3 Å². The van der Waals surface area contributed by atoms with E-state index in [1.54, 1.807) is 14.2 Å². The molecule has 0 fully saturated rings. The summed E-state index contributed by atoms with van der Waals surface area (Å²) in [6.45, 7) is 1.24. The van der Waals surface area contributed by atoms with Crippen molar-refractivity contribution in [3.63, 3.8) is 0 Å². The van der Waals surface area contributed by atoms with Crippen LogP contribution in [0.2, 0.25) is 0 Å². The molecule has 0 saturated heterocycles. The van der Waals surface area contributed by atoms with E-state index in [2.05, 4.69) is 20.9 Å². The molecule has 9 nitrogen and oxygen atoms in total. The highest BCUT2D eigenvalue weighted by atomic mass is 16.5. The first kappa shape index (κ1) is 20.4. The van der Waals surface area contributed by atoms with E-state index in [0.717, 1.165) is 5.56 Å². The summed E-state index contributed by atoms with van der Waals surface area (Å²) in [6.07, 6.45) is 0.664. The third kappa shape index (κ3) is 5.80. The van der Waals surface area contributed by atoms with E-state index in [-0.39, 0.29) is 30.5 Å². The third-order valence-corrected chi connectivity index (χ3v) is 3.81. The van der Waals surface area contributed by atoms with E-state index >= 15 is 0 Å². The number of hydrogen-bond donors (Lipinski definition) is 4. The van der Waals surface area contributed by atoms with Crippen molar-refractivity contribution in [3.05, 3.63) is 56.7 Å². The van der Waals surface area contributed by atoms with Crippen molar-refractivity contribution in [3.8, 4) is 0 Å². The number of methoxy groups -OCH3 is 1. The molecule has 9 heteroatoms. The fraction of sp³-hybridized carbons (Fsp3) is 0.389. The van der Waals surface area contributed by atoms with Crippen LogP contribution < -0.4 is 27.2 Å². The number of hydrogen-bond acceptors (Lipinski definition) is 6. The van der Waals surface area contributed by atoms with E-state index in [1.807, 2.05) is 30.3 Å². The minimum Gasteiger partial charge on any atom is -0.385 e. The van der Waals surface area contributed by atoms with E-state index in [4.69, 9.17) is 4.74 Å². The summed E-state index contributed by atoms with van der Waals surface area (Å²) in [7, 11) is 3.23. The molecule has 1 aromatic carbocycles. The molecule has 27 heavy (non-hydrogen) atoms. The number of carbonyl (C=O) groups is 1. The van der Waals surface area contributed by atoms with Crippen LogP contribution in [0.3, 0.4) is 0 Å². The van der Waals surface area contributed by atoms with Crippen LogP contribution in [0, 0.1) is 0 Å². The lowest BCUT2D eigenvalue weighted by Gasteiger charge is -2.18. The van der Waals surface area contributed by atoms with Gasteiger partial charge in [0, 0.05) is 20.3 Å². The van der Waals surface area contributed by atoms with Crippen LogP contribution in [-0.4, -0.2) is 49.3 Å². The van der Waals surface area contributed by atoms with Gasteiger partial charge in [-0.15, -0.1) is 0 Å². The minimum absolute atomic E-state index is 0.0510. The fourth-order valence-corrected chi connectivity index (χ4v) is 2.55. The van der Waals surface area contributed by atoms with Gasteiger partial charge in [-0.2, -0.15) is 0 Å². The first-order valence-corrected chi connectivity index (χ1v) is 8.65. The highest BCUT2D eigenvalue weighted by molar-refractivity contribution is 5.94. The molecule has 1 amide bonds. The number of amides is 1. The normalized spacial score (nSPS) is 10.6. The second-order valence-corrected chi connectivity index (χ2v) is 5.91. The van der Waals surface area contributed by atoms with Crippen molar-refractivity contribution in [2.45, 2.75) is 13.0 Å². The zero-order chi connectivity index (χ0) is 19.6. The molecule has 0 aliphatic heterocycles. The summed E-state index contributed by atoms with van der Waals surface area (Å²) in [4.78, 5) is 39.2. The number of H-pyrrole nitrogens is 1. The summed E-state index contributed by atoms with van der Waals surface area (Å²) >= 11 is 0. The van der Waals surface area contributed by atoms with Gasteiger partial charge in [0.05, 0.1) is 13.1 Å². The Morgan fingerprint density at radius 2 is 1.96 bits per heavy atom. The number of carbonyl (C=O) groups excluding carboxylic acids is 1. The molecule has 4 N–H and O–H groups in total. The van der Waals surface area contributed by atoms with Gasteiger partial charge in [-0.3, -0.25) is 19.1 Å². The molecule has 2 aromatic rings. The maximum Gasteiger partial charge on any atom is 0.330 e. The van der Waals surface area contributed by atoms with Crippen molar-refractivity contribution < 1.29 is 9.53 Å². The first-order chi connectivity index (χ1) is 13.1. The van der Waals surface area contributed by atoms with Gasteiger partial charge in [0.25, 0.3) is 5.56 Å². The van der Waals surface area contributed by atoms with Gasteiger partial charge in [0.15, 0.2) is 0 Å². The number of benzene rings is 1. The summed E-state index contributed by atoms with van der Waals surface area (Å²) < 4.78 is 6.34. The van der Waals surface area contributed by atoms with Crippen LogP contribution in [0.4, 0.5) is 11.5 Å². The molecule has 0 saturated carbocycles. The fourth-order valence-electron chi connectivity index (χ4n) is 2.55. The van der Waals surface area contributed by atoms with Crippen LogP contribution in [-0.2, 0) is 16.1 Å². The van der Waals surface area contributed by atoms with Crippen LogP contribution in [0.25, 0.3) is 0 Å². The number of rotatable bonds is 10. The van der Waals surface area contributed by atoms with Gasteiger partial charge >= 0.3 is 5.69 Å². The van der Waals surface area contributed by atoms with E-state index in [0.29, 0.717) is 19.6 Å². The summed E-state index contributed by atoms with van der Waals surface area (Å²) in [5.74, 6) is -0.213. The Bertz CT molecular complexity index is 860. The molecule has 0 radical (unpaired) electrons. The first-order valence-electron chi connectivity index (χ1n) is 8.65. The summed E-state index contributed by atoms with van der Waals surface area (Å²) in [6, 6.07) is 9.31. The van der Waals surface area contributed by atoms with Crippen molar-refractivity contribution >= 4 is 17.4 Å². The molecular formula is C18H25N5O4. The molecule has 0 aliphatic carbocycles. The minimum atomic E-state index is -0.592. The maximum atomic E-state index is 12.4. The van der Waals surface area contributed by atoms with Crippen molar-refractivity contribution in [1.29, 1.82) is 0 Å². The van der Waals surface area contributed by atoms with Crippen molar-refractivity contribution in [2.75, 3.05) is 44.5 Å². The number of likely N-dealkylation sites (N-methyl/N-ethyl adjacent to an activating group) is 1. The lowest BCUT2D eigenvalue weighted by Crippen LogP contribution is -2.37. The van der Waals surface area contributed by atoms with Gasteiger partial charge in [0.2, 0.25) is 5.91 Å². The lowest BCUT2D eigenvalue weighted by molar-refractivity contribution is -0.115. The standard InChI is InChI=1S/C18H25N5O4/c1-19-11-14(24)21-16-15(20-9-6-10-27-2)17(25)22-18(26)23(16)12-13-7-4-3-5-8-13/h3-5,7-8,19-20H,6,9-12H2,1-2H3,(H,21,24)(H,22,25,26). The second kappa shape index (κ2) is 10.3. The molecule has 146 valence electrons. The van der Waals surface area contributed by atoms with Crippen LogP contribution in [0.15, 0.2) is 39.9 Å². The number of ether oxygens (including phenoxy) is 1. The number of nitrogens with one attached hydrogen (secondary N) is 4. The van der Waals surface area contributed by atoms with Crippen molar-refractivity contribution in [2.24, 2.45) is 0 Å². The molecule has 0 bridgehead atoms. The van der Waals surface area contributed by atoms with Crippen LogP contribution in [0.1, 0.15) is 12.0 Å². The van der Waals surface area contributed by atoms with Gasteiger partial charge in [-0.05, 0) is 19.0 Å². The average molecular weight is 375 g/mol. The van der Waals surface area contributed by atoms with E-state index in [1.165, 1.54) is 4.57 Å². The molecular weight excluding hydrogens is 350 g/mol. The van der Waals surface area contributed by atoms with E-state index in [9.17, 15) is 14.4 Å². The SMILES string of the molecule is CNCC(=O)Nc1c(NCCCOC)c(=O)[nH]c(=O)n1Cc1ccccc1. The molecule has 0 atom stereocenters. The summed E-state index contributed by atoms with van der Waals surface area (Å²) in [5, 5.41) is 8.41. The molecule has 0 aliphatic rings. The topological polar surface area (TPSA) is 117 Å². The predicted molar refractivity (Wildman–Crippen MR) is 104 cm³/mol. The molecule has 1 heterocycles.